The molecule has 0 radical (unpaired) electrons. The van der Waals surface area contributed by atoms with Crippen LogP contribution in [-0.4, -0.2) is 23.9 Å². The molecule has 0 amide bonds. The molecule has 0 N–H and O–H groups in total. The van der Waals surface area contributed by atoms with E-state index in [1.54, 1.807) is 6.92 Å². The van der Waals surface area contributed by atoms with Crippen molar-refractivity contribution in [1.29, 1.82) is 0 Å². The molecule has 0 atom stereocenters. The molecule has 0 saturated carbocycles. The molecule has 1 aromatic rings. The second-order valence-corrected chi connectivity index (χ2v) is 4.75. The summed E-state index contributed by atoms with van der Waals surface area (Å²) in [5, 5.41) is 0.154. The van der Waals surface area contributed by atoms with Gasteiger partial charge in [-0.1, -0.05) is 15.9 Å². The van der Waals surface area contributed by atoms with E-state index in [9.17, 15) is 18.0 Å². The molecule has 0 aromatic carbocycles. The molecule has 9 heteroatoms. The first kappa shape index (κ1) is 16.5. The molecule has 1 aromatic heterocycles. The third kappa shape index (κ3) is 4.48. The number of aromatic nitrogens is 1. The van der Waals surface area contributed by atoms with Crippen LogP contribution in [0.25, 0.3) is 0 Å². The molecular weight excluding hydrogens is 446 g/mol. The molecule has 0 aliphatic carbocycles. The Morgan fingerprint density at radius 3 is 2.63 bits per heavy atom. The SMILES string of the molecule is CCOC(=O)c1c(OC(F)(F)F)cnc(I)c1CBr. The minimum atomic E-state index is -4.90. The lowest BCUT2D eigenvalue weighted by molar-refractivity contribution is -0.274. The van der Waals surface area contributed by atoms with Gasteiger partial charge in [0.1, 0.15) is 9.26 Å². The van der Waals surface area contributed by atoms with Crippen molar-refractivity contribution in [2.24, 2.45) is 0 Å². The van der Waals surface area contributed by atoms with Crippen molar-refractivity contribution >= 4 is 44.5 Å². The molecule has 4 nitrogen and oxygen atoms in total. The summed E-state index contributed by atoms with van der Waals surface area (Å²) in [6, 6.07) is 0. The molecule has 1 rings (SSSR count). The van der Waals surface area contributed by atoms with Gasteiger partial charge >= 0.3 is 12.3 Å². The van der Waals surface area contributed by atoms with Crippen LogP contribution in [0.3, 0.4) is 0 Å². The van der Waals surface area contributed by atoms with Crippen LogP contribution in [0.2, 0.25) is 0 Å². The number of nitrogens with zero attached hydrogens (tertiary/aromatic N) is 1. The lowest BCUT2D eigenvalue weighted by Crippen LogP contribution is -2.21. The summed E-state index contributed by atoms with van der Waals surface area (Å²) >= 11 is 4.92. The quantitative estimate of drug-likeness (QED) is 0.302. The van der Waals surface area contributed by atoms with Crippen molar-refractivity contribution in [2.75, 3.05) is 6.61 Å². The summed E-state index contributed by atoms with van der Waals surface area (Å²) in [6.07, 6.45) is -4.05. The smallest absolute Gasteiger partial charge is 0.462 e. The van der Waals surface area contributed by atoms with Crippen molar-refractivity contribution in [3.63, 3.8) is 0 Å². The van der Waals surface area contributed by atoms with Crippen molar-refractivity contribution in [2.45, 2.75) is 18.6 Å². The zero-order valence-electron chi connectivity index (χ0n) is 9.55. The predicted molar refractivity (Wildman–Crippen MR) is 72.2 cm³/mol. The highest BCUT2D eigenvalue weighted by atomic mass is 127. The molecule has 0 aliphatic rings. The molecule has 0 aliphatic heterocycles. The normalized spacial score (nSPS) is 11.3. The maximum atomic E-state index is 12.3. The van der Waals surface area contributed by atoms with Gasteiger partial charge in [-0.25, -0.2) is 9.78 Å². The Bertz CT molecular complexity index is 482. The highest BCUT2D eigenvalue weighted by molar-refractivity contribution is 14.1. The summed E-state index contributed by atoms with van der Waals surface area (Å²) in [6.45, 7) is 1.60. The summed E-state index contributed by atoms with van der Waals surface area (Å²) < 4.78 is 45.8. The van der Waals surface area contributed by atoms with Crippen LogP contribution in [-0.2, 0) is 10.1 Å². The highest BCUT2D eigenvalue weighted by Crippen LogP contribution is 2.31. The van der Waals surface area contributed by atoms with Crippen LogP contribution in [0.15, 0.2) is 6.20 Å². The lowest BCUT2D eigenvalue weighted by atomic mass is 10.1. The summed E-state index contributed by atoms with van der Waals surface area (Å²) in [4.78, 5) is 15.5. The van der Waals surface area contributed by atoms with E-state index in [2.05, 4.69) is 25.7 Å². The fourth-order valence-electron chi connectivity index (χ4n) is 1.26. The van der Waals surface area contributed by atoms with Crippen molar-refractivity contribution in [3.8, 4) is 5.75 Å². The molecule has 0 bridgehead atoms. The van der Waals surface area contributed by atoms with Gasteiger partial charge in [-0.2, -0.15) is 0 Å². The minimum absolute atomic E-state index is 0.0465. The molecule has 1 heterocycles. The van der Waals surface area contributed by atoms with E-state index in [0.29, 0.717) is 9.26 Å². The average Bonchev–Trinajstić information content (AvgIpc) is 2.29. The number of halogens is 5. The molecule has 106 valence electrons. The van der Waals surface area contributed by atoms with Gasteiger partial charge < -0.3 is 9.47 Å². The number of alkyl halides is 4. The lowest BCUT2D eigenvalue weighted by Gasteiger charge is -2.15. The van der Waals surface area contributed by atoms with Crippen LogP contribution in [0.1, 0.15) is 22.8 Å². The summed E-state index contributed by atoms with van der Waals surface area (Å²) in [5.74, 6) is -1.54. The van der Waals surface area contributed by atoms with Crippen molar-refractivity contribution in [3.05, 3.63) is 21.0 Å². The Kier molecular flexibility index (Phi) is 5.83. The molecule has 0 saturated heterocycles. The molecule has 19 heavy (non-hydrogen) atoms. The zero-order valence-corrected chi connectivity index (χ0v) is 13.3. The topological polar surface area (TPSA) is 48.4 Å². The van der Waals surface area contributed by atoms with Gasteiger partial charge in [0, 0.05) is 10.9 Å². The van der Waals surface area contributed by atoms with E-state index in [1.165, 1.54) is 0 Å². The number of carbonyl (C=O) groups excluding carboxylic acids is 1. The van der Waals surface area contributed by atoms with Crippen LogP contribution < -0.4 is 4.74 Å². The van der Waals surface area contributed by atoms with E-state index < -0.39 is 18.1 Å². The predicted octanol–water partition coefficient (Wildman–Crippen LogP) is 3.66. The summed E-state index contributed by atoms with van der Waals surface area (Å²) in [5.41, 5.74) is 0.0243. The third-order valence-corrected chi connectivity index (χ3v) is 3.42. The number of ether oxygens (including phenoxy) is 2. The van der Waals surface area contributed by atoms with Crippen molar-refractivity contribution in [1.82, 2.24) is 4.98 Å². The first-order valence-electron chi connectivity index (χ1n) is 4.96. The summed E-state index contributed by atoms with van der Waals surface area (Å²) in [7, 11) is 0. The number of rotatable bonds is 4. The average molecular weight is 454 g/mol. The van der Waals surface area contributed by atoms with Gasteiger partial charge in [0.25, 0.3) is 0 Å². The Morgan fingerprint density at radius 1 is 1.53 bits per heavy atom. The second-order valence-electron chi connectivity index (χ2n) is 3.17. The highest BCUT2D eigenvalue weighted by Gasteiger charge is 2.34. The van der Waals surface area contributed by atoms with Gasteiger partial charge in [0.2, 0.25) is 0 Å². The number of esters is 1. The van der Waals surface area contributed by atoms with E-state index in [0.717, 1.165) is 6.20 Å². The first-order valence-corrected chi connectivity index (χ1v) is 7.16. The Hall–Kier alpha value is -0.580. The van der Waals surface area contributed by atoms with Gasteiger partial charge in [-0.3, -0.25) is 0 Å². The first-order chi connectivity index (χ1) is 8.80. The van der Waals surface area contributed by atoms with Gasteiger partial charge in [0.05, 0.1) is 12.8 Å². The Balaban J connectivity index is 3.34. The minimum Gasteiger partial charge on any atom is -0.462 e. The van der Waals surface area contributed by atoms with Crippen LogP contribution in [0.4, 0.5) is 13.2 Å². The van der Waals surface area contributed by atoms with E-state index in [-0.39, 0.29) is 17.5 Å². The maximum Gasteiger partial charge on any atom is 0.573 e. The van der Waals surface area contributed by atoms with Gasteiger partial charge in [0.15, 0.2) is 5.75 Å². The monoisotopic (exact) mass is 453 g/mol. The molecule has 0 unspecified atom stereocenters. The molecular formula is C10H8BrF3INO3. The van der Waals surface area contributed by atoms with Crippen LogP contribution in [0, 0.1) is 3.70 Å². The standard InChI is InChI=1S/C10H8BrF3INO3/c1-2-18-9(17)7-5(3-11)8(15)16-4-6(7)19-10(12,13)14/h4H,2-3H2,1H3. The second kappa shape index (κ2) is 6.73. The zero-order chi connectivity index (χ0) is 14.6. The number of carbonyl (C=O) groups is 1. The third-order valence-electron chi connectivity index (χ3n) is 1.93. The maximum absolute atomic E-state index is 12.3. The Morgan fingerprint density at radius 2 is 2.16 bits per heavy atom. The van der Waals surface area contributed by atoms with E-state index in [1.807, 2.05) is 22.6 Å². The number of hydrogen-bond acceptors (Lipinski definition) is 4. The van der Waals surface area contributed by atoms with E-state index >= 15 is 0 Å². The van der Waals surface area contributed by atoms with Crippen molar-refractivity contribution < 1.29 is 27.4 Å². The van der Waals surface area contributed by atoms with E-state index in [4.69, 9.17) is 4.74 Å². The fourth-order valence-corrected chi connectivity index (χ4v) is 2.93. The van der Waals surface area contributed by atoms with Crippen LogP contribution in [0.5, 0.6) is 5.75 Å². The van der Waals surface area contributed by atoms with Gasteiger partial charge in [-0.15, -0.1) is 13.2 Å². The largest absolute Gasteiger partial charge is 0.573 e. The van der Waals surface area contributed by atoms with Crippen LogP contribution >= 0.6 is 38.5 Å². The number of pyridine rings is 1. The fraction of sp³-hybridized carbons (Fsp3) is 0.400. The number of hydrogen-bond donors (Lipinski definition) is 0. The Labute approximate surface area is 128 Å². The van der Waals surface area contributed by atoms with Gasteiger partial charge in [-0.05, 0) is 29.5 Å². The molecule has 0 fully saturated rings. The molecule has 0 spiro atoms.